The summed E-state index contributed by atoms with van der Waals surface area (Å²) in [7, 11) is 0. The van der Waals surface area contributed by atoms with E-state index in [0.717, 1.165) is 51.5 Å². The summed E-state index contributed by atoms with van der Waals surface area (Å²) in [6, 6.07) is 0. The minimum Gasteiger partial charge on any atom is -0.462 e. The molecule has 0 radical (unpaired) electrons. The van der Waals surface area contributed by atoms with Gasteiger partial charge < -0.3 is 24.6 Å². The predicted molar refractivity (Wildman–Crippen MR) is 125 cm³/mol. The molecule has 1 aliphatic carbocycles. The van der Waals surface area contributed by atoms with Crippen LogP contribution in [-0.2, 0) is 23.8 Å². The van der Waals surface area contributed by atoms with Crippen molar-refractivity contribution in [2.75, 3.05) is 13.2 Å². The third-order valence-corrected chi connectivity index (χ3v) is 8.83. The van der Waals surface area contributed by atoms with E-state index in [1.54, 1.807) is 13.0 Å². The van der Waals surface area contributed by atoms with Gasteiger partial charge in [0.25, 0.3) is 0 Å². The number of rotatable bonds is 7. The van der Waals surface area contributed by atoms with E-state index in [2.05, 4.69) is 5.32 Å². The first kappa shape index (κ1) is 25.6. The SMILES string of the molecule is CC=C(CCO)C(=O)OC(C)(C)C1(CC2CCC(N)[NH2+]C2)CC2CC3CCC(=O)OC3CC2O1. The van der Waals surface area contributed by atoms with Crippen molar-refractivity contribution in [1.82, 2.24) is 0 Å². The maximum absolute atomic E-state index is 13.0. The zero-order chi connectivity index (χ0) is 24.5. The van der Waals surface area contributed by atoms with Crippen LogP contribution in [0.4, 0.5) is 0 Å². The van der Waals surface area contributed by atoms with Crippen LogP contribution in [0.15, 0.2) is 11.6 Å². The number of aliphatic hydroxyl groups excluding tert-OH is 1. The number of hydrogen-bond donors (Lipinski definition) is 3. The van der Waals surface area contributed by atoms with E-state index in [9.17, 15) is 14.7 Å². The Morgan fingerprint density at radius 3 is 2.74 bits per heavy atom. The smallest absolute Gasteiger partial charge is 0.334 e. The second-order valence-electron chi connectivity index (χ2n) is 11.4. The Hall–Kier alpha value is -1.48. The molecule has 192 valence electrons. The van der Waals surface area contributed by atoms with Crippen LogP contribution in [-0.4, -0.2) is 59.8 Å². The van der Waals surface area contributed by atoms with Crippen LogP contribution in [0.3, 0.4) is 0 Å². The fourth-order valence-electron chi connectivity index (χ4n) is 6.73. The second kappa shape index (κ2) is 10.2. The van der Waals surface area contributed by atoms with Crippen molar-refractivity contribution in [1.29, 1.82) is 0 Å². The van der Waals surface area contributed by atoms with E-state index >= 15 is 0 Å². The molecule has 8 heteroatoms. The number of carbonyl (C=O) groups excluding carboxylic acids is 2. The highest BCUT2D eigenvalue weighted by atomic mass is 16.6. The molecule has 7 unspecified atom stereocenters. The van der Waals surface area contributed by atoms with E-state index in [0.29, 0.717) is 29.7 Å². The third-order valence-electron chi connectivity index (χ3n) is 8.83. The Balaban J connectivity index is 1.56. The highest BCUT2D eigenvalue weighted by molar-refractivity contribution is 5.88. The summed E-state index contributed by atoms with van der Waals surface area (Å²) in [5.74, 6) is 0.694. The highest BCUT2D eigenvalue weighted by Gasteiger charge is 2.60. The largest absolute Gasteiger partial charge is 0.462 e. The average molecular weight is 480 g/mol. The lowest BCUT2D eigenvalue weighted by molar-refractivity contribution is -0.703. The number of fused-ring (bicyclic) bond motifs is 2. The number of hydrogen-bond acceptors (Lipinski definition) is 7. The number of piperidine rings is 1. The van der Waals surface area contributed by atoms with Crippen molar-refractivity contribution in [3.63, 3.8) is 0 Å². The van der Waals surface area contributed by atoms with Gasteiger partial charge >= 0.3 is 11.9 Å². The third kappa shape index (κ3) is 5.20. The molecule has 7 atom stereocenters. The van der Waals surface area contributed by atoms with Gasteiger partial charge in [0.15, 0.2) is 0 Å². The summed E-state index contributed by atoms with van der Waals surface area (Å²) < 4.78 is 18.8. The highest BCUT2D eigenvalue weighted by Crippen LogP contribution is 2.54. The van der Waals surface area contributed by atoms with Gasteiger partial charge in [0.2, 0.25) is 0 Å². The van der Waals surface area contributed by atoms with Gasteiger partial charge in [-0.2, -0.15) is 0 Å². The van der Waals surface area contributed by atoms with E-state index < -0.39 is 11.2 Å². The zero-order valence-electron chi connectivity index (χ0n) is 21.0. The Morgan fingerprint density at radius 1 is 1.26 bits per heavy atom. The molecule has 5 N–H and O–H groups in total. The number of esters is 2. The number of ether oxygens (including phenoxy) is 3. The fraction of sp³-hybridized carbons (Fsp3) is 0.846. The lowest BCUT2D eigenvalue weighted by Gasteiger charge is -2.45. The first-order valence-corrected chi connectivity index (χ1v) is 13.1. The van der Waals surface area contributed by atoms with Crippen molar-refractivity contribution in [2.24, 2.45) is 23.5 Å². The standard InChI is InChI=1S/C26H42N2O6/c1-4-17(9-10-29)24(31)34-25(2,3)26(13-16-5-7-22(27)28-15-16)14-19-11-18-6-8-23(30)32-20(18)12-21(19)33-26/h4,16,18-22,28-29H,5-15,27H2,1-3H3/p+1. The molecule has 0 aromatic heterocycles. The average Bonchev–Trinajstić information content (AvgIpc) is 3.15. The number of quaternary nitrogens is 1. The number of aliphatic hydroxyl groups is 1. The minimum atomic E-state index is -0.855. The molecule has 0 aromatic carbocycles. The van der Waals surface area contributed by atoms with Crippen molar-refractivity contribution in [3.05, 3.63) is 11.6 Å². The summed E-state index contributed by atoms with van der Waals surface area (Å²) in [6.07, 6.45) is 8.82. The van der Waals surface area contributed by atoms with Crippen LogP contribution in [0.5, 0.6) is 0 Å². The molecule has 3 aliphatic heterocycles. The van der Waals surface area contributed by atoms with Gasteiger partial charge in [0.05, 0.1) is 12.6 Å². The number of nitrogens with two attached hydrogens (primary N) is 2. The van der Waals surface area contributed by atoms with Gasteiger partial charge in [0.1, 0.15) is 23.5 Å². The summed E-state index contributed by atoms with van der Waals surface area (Å²) in [5, 5.41) is 11.6. The molecule has 0 aromatic rings. The maximum atomic E-state index is 13.0. The zero-order valence-corrected chi connectivity index (χ0v) is 21.0. The molecule has 0 spiro atoms. The molecule has 4 fully saturated rings. The van der Waals surface area contributed by atoms with E-state index in [1.165, 1.54) is 0 Å². The van der Waals surface area contributed by atoms with Gasteiger partial charge in [-0.25, -0.2) is 4.79 Å². The summed E-state index contributed by atoms with van der Waals surface area (Å²) in [5.41, 5.74) is 5.13. The van der Waals surface area contributed by atoms with E-state index in [-0.39, 0.29) is 43.3 Å². The Bertz CT molecular complexity index is 790. The van der Waals surface area contributed by atoms with Crippen molar-refractivity contribution in [3.8, 4) is 0 Å². The van der Waals surface area contributed by atoms with Crippen LogP contribution in [0.2, 0.25) is 0 Å². The first-order valence-electron chi connectivity index (χ1n) is 13.1. The van der Waals surface area contributed by atoms with Crippen molar-refractivity contribution >= 4 is 11.9 Å². The van der Waals surface area contributed by atoms with E-state index in [1.807, 2.05) is 13.8 Å². The van der Waals surface area contributed by atoms with Crippen LogP contribution in [0, 0.1) is 17.8 Å². The molecular weight excluding hydrogens is 436 g/mol. The monoisotopic (exact) mass is 479 g/mol. The Morgan fingerprint density at radius 2 is 2.06 bits per heavy atom. The maximum Gasteiger partial charge on any atom is 0.334 e. The summed E-state index contributed by atoms with van der Waals surface area (Å²) in [6.45, 7) is 6.58. The predicted octanol–water partition coefficient (Wildman–Crippen LogP) is 1.54. The molecule has 3 heterocycles. The molecule has 1 saturated carbocycles. The second-order valence-corrected chi connectivity index (χ2v) is 11.4. The van der Waals surface area contributed by atoms with Crippen molar-refractivity contribution < 1.29 is 34.2 Å². The Labute approximate surface area is 202 Å². The molecule has 8 nitrogen and oxygen atoms in total. The lowest BCUT2D eigenvalue weighted by atomic mass is 9.69. The molecule has 4 aliphatic rings. The molecule has 0 amide bonds. The molecule has 34 heavy (non-hydrogen) atoms. The van der Waals surface area contributed by atoms with Gasteiger partial charge in [-0.05, 0) is 64.7 Å². The fourth-order valence-corrected chi connectivity index (χ4v) is 6.73. The topological polar surface area (TPSA) is 125 Å². The minimum absolute atomic E-state index is 0.00131. The normalized spacial score (nSPS) is 38.6. The van der Waals surface area contributed by atoms with Crippen LogP contribution in [0.1, 0.15) is 78.6 Å². The molecular formula is C26H43N2O6+. The lowest BCUT2D eigenvalue weighted by Crippen LogP contribution is -2.95. The molecule has 0 bridgehead atoms. The van der Waals surface area contributed by atoms with Crippen LogP contribution < -0.4 is 11.1 Å². The van der Waals surface area contributed by atoms with Crippen LogP contribution in [0.25, 0.3) is 0 Å². The van der Waals surface area contributed by atoms with E-state index in [4.69, 9.17) is 19.9 Å². The van der Waals surface area contributed by atoms with Gasteiger partial charge in [0, 0.05) is 43.8 Å². The Kier molecular flexibility index (Phi) is 7.72. The molecule has 4 rings (SSSR count). The van der Waals surface area contributed by atoms with Crippen LogP contribution >= 0.6 is 0 Å². The molecule has 3 saturated heterocycles. The van der Waals surface area contributed by atoms with Gasteiger partial charge in [-0.1, -0.05) is 6.08 Å². The number of allylic oxidation sites excluding steroid dienone is 1. The van der Waals surface area contributed by atoms with Crippen molar-refractivity contribution in [2.45, 2.75) is 108 Å². The first-order chi connectivity index (χ1) is 16.2. The quantitative estimate of drug-likeness (QED) is 0.374. The summed E-state index contributed by atoms with van der Waals surface area (Å²) in [4.78, 5) is 24.9. The van der Waals surface area contributed by atoms with Gasteiger partial charge in [-0.15, -0.1) is 0 Å². The summed E-state index contributed by atoms with van der Waals surface area (Å²) >= 11 is 0. The number of carbonyl (C=O) groups is 2. The van der Waals surface area contributed by atoms with Gasteiger partial charge in [-0.3, -0.25) is 10.5 Å².